The van der Waals surface area contributed by atoms with Gasteiger partial charge >= 0.3 is 5.97 Å². The molecule has 2 aliphatic rings. The Morgan fingerprint density at radius 3 is 2.72 bits per heavy atom. The average Bonchev–Trinajstić information content (AvgIpc) is 2.74. The van der Waals surface area contributed by atoms with Gasteiger partial charge in [-0.25, -0.2) is 4.79 Å². The minimum absolute atomic E-state index is 0.0657. The second-order valence-corrected chi connectivity index (χ2v) is 6.33. The lowest BCUT2D eigenvalue weighted by Gasteiger charge is -2.38. The zero-order valence-electron chi connectivity index (χ0n) is 10.8. The lowest BCUT2D eigenvalue weighted by atomic mass is 9.99. The molecule has 6 heteroatoms. The van der Waals surface area contributed by atoms with Gasteiger partial charge in [0.2, 0.25) is 0 Å². The van der Waals surface area contributed by atoms with E-state index in [1.54, 1.807) is 0 Å². The number of ether oxygens (including phenoxy) is 2. The zero-order valence-corrected chi connectivity index (χ0v) is 12.4. The van der Waals surface area contributed by atoms with Crippen molar-refractivity contribution in [3.8, 4) is 0 Å². The summed E-state index contributed by atoms with van der Waals surface area (Å²) in [7, 11) is 0. The maximum absolute atomic E-state index is 11.9. The molecule has 2 heterocycles. The molecule has 0 N–H and O–H groups in total. The Bertz CT molecular complexity index is 325. The third-order valence-corrected chi connectivity index (χ3v) is 4.47. The van der Waals surface area contributed by atoms with Gasteiger partial charge in [0.05, 0.1) is 18.2 Å². The van der Waals surface area contributed by atoms with Gasteiger partial charge in [-0.3, -0.25) is 4.90 Å². The van der Waals surface area contributed by atoms with Crippen LogP contribution in [0.3, 0.4) is 0 Å². The summed E-state index contributed by atoms with van der Waals surface area (Å²) in [5, 5.41) is 0. The molecule has 0 amide bonds. The van der Waals surface area contributed by atoms with Gasteiger partial charge in [0, 0.05) is 24.8 Å². The minimum Gasteiger partial charge on any atom is -0.459 e. The van der Waals surface area contributed by atoms with Gasteiger partial charge in [-0.2, -0.15) is 0 Å². The van der Waals surface area contributed by atoms with Crippen molar-refractivity contribution in [3.63, 3.8) is 0 Å². The summed E-state index contributed by atoms with van der Waals surface area (Å²) >= 11 is 7.19. The molecule has 102 valence electrons. The predicted molar refractivity (Wildman–Crippen MR) is 76.0 cm³/mol. The van der Waals surface area contributed by atoms with Gasteiger partial charge < -0.3 is 9.47 Å². The maximum Gasteiger partial charge on any atom is 0.346 e. The first-order chi connectivity index (χ1) is 8.59. The van der Waals surface area contributed by atoms with E-state index in [2.05, 4.69) is 4.90 Å². The molecule has 2 rings (SSSR count). The molecule has 0 aromatic rings. The highest BCUT2D eigenvalue weighted by atomic mass is 32.2. The van der Waals surface area contributed by atoms with Crippen LogP contribution in [0.1, 0.15) is 20.3 Å². The molecule has 0 spiro atoms. The Hall–Kier alpha value is -0.170. The van der Waals surface area contributed by atoms with E-state index >= 15 is 0 Å². The monoisotopic (exact) mass is 289 g/mol. The highest BCUT2D eigenvalue weighted by Gasteiger charge is 2.40. The summed E-state index contributed by atoms with van der Waals surface area (Å²) in [5.41, 5.74) is 0. The van der Waals surface area contributed by atoms with Crippen LogP contribution < -0.4 is 0 Å². The van der Waals surface area contributed by atoms with Crippen molar-refractivity contribution >= 4 is 34.8 Å². The second-order valence-electron chi connectivity index (χ2n) is 4.81. The van der Waals surface area contributed by atoms with Gasteiger partial charge in [0.25, 0.3) is 0 Å². The fourth-order valence-corrected chi connectivity index (χ4v) is 3.48. The Labute approximate surface area is 117 Å². The number of rotatable bonds is 5. The van der Waals surface area contributed by atoms with Crippen LogP contribution in [0.4, 0.5) is 0 Å². The molecule has 18 heavy (non-hydrogen) atoms. The molecule has 0 saturated carbocycles. The summed E-state index contributed by atoms with van der Waals surface area (Å²) in [6, 6.07) is -0.0880. The van der Waals surface area contributed by atoms with Crippen molar-refractivity contribution < 1.29 is 14.3 Å². The fourth-order valence-electron chi connectivity index (χ4n) is 2.11. The van der Waals surface area contributed by atoms with E-state index in [0.717, 1.165) is 31.2 Å². The van der Waals surface area contributed by atoms with Gasteiger partial charge in [0.1, 0.15) is 4.86 Å². The molecule has 4 nitrogen and oxygen atoms in total. The first-order valence-corrected chi connectivity index (χ1v) is 7.84. The van der Waals surface area contributed by atoms with E-state index in [0.29, 0.717) is 4.86 Å². The van der Waals surface area contributed by atoms with Crippen LogP contribution >= 0.6 is 24.0 Å². The van der Waals surface area contributed by atoms with Gasteiger partial charge in [-0.05, 0) is 20.3 Å². The first kappa shape index (κ1) is 14.2. The second kappa shape index (κ2) is 6.32. The number of thioether (sulfide) groups is 1. The largest absolute Gasteiger partial charge is 0.459 e. The Balaban J connectivity index is 2.02. The van der Waals surface area contributed by atoms with E-state index in [9.17, 15) is 4.79 Å². The van der Waals surface area contributed by atoms with E-state index in [1.165, 1.54) is 0 Å². The van der Waals surface area contributed by atoms with Crippen LogP contribution in [0.5, 0.6) is 0 Å². The molecule has 2 saturated heterocycles. The zero-order chi connectivity index (χ0) is 13.1. The lowest BCUT2D eigenvalue weighted by molar-refractivity contribution is -0.140. The third-order valence-electron chi connectivity index (χ3n) is 3.07. The number of carbonyl (C=O) groups is 1. The molecule has 0 aromatic heterocycles. The molecule has 0 radical (unpaired) electrons. The molecular formula is C12H19NO3S2. The summed E-state index contributed by atoms with van der Waals surface area (Å²) in [4.78, 5) is 14.5. The normalized spacial score (nSPS) is 25.8. The van der Waals surface area contributed by atoms with E-state index in [1.807, 2.05) is 25.6 Å². The van der Waals surface area contributed by atoms with E-state index in [-0.39, 0.29) is 24.2 Å². The van der Waals surface area contributed by atoms with Crippen molar-refractivity contribution in [1.82, 2.24) is 4.90 Å². The summed E-state index contributed by atoms with van der Waals surface area (Å²) in [5.74, 6) is 1.64. The first-order valence-electron chi connectivity index (χ1n) is 6.28. The van der Waals surface area contributed by atoms with E-state index in [4.69, 9.17) is 21.7 Å². The predicted octanol–water partition coefficient (Wildman–Crippen LogP) is 1.47. The fraction of sp³-hybridized carbons (Fsp3) is 0.833. The van der Waals surface area contributed by atoms with Crippen molar-refractivity contribution in [2.24, 2.45) is 0 Å². The third kappa shape index (κ3) is 3.23. The SMILES string of the molecule is CC(C)OC(=O)C(=S)C(C1CCO1)N1CCSC1. The van der Waals surface area contributed by atoms with Crippen LogP contribution in [0.15, 0.2) is 0 Å². The number of esters is 1. The molecule has 2 aliphatic heterocycles. The van der Waals surface area contributed by atoms with Crippen molar-refractivity contribution in [1.29, 1.82) is 0 Å². The number of hydrogen-bond acceptors (Lipinski definition) is 6. The summed E-state index contributed by atoms with van der Waals surface area (Å²) in [6.45, 7) is 5.40. The van der Waals surface area contributed by atoms with Gasteiger partial charge in [0.15, 0.2) is 0 Å². The van der Waals surface area contributed by atoms with Gasteiger partial charge in [-0.15, -0.1) is 11.8 Å². The average molecular weight is 289 g/mol. The van der Waals surface area contributed by atoms with Crippen LogP contribution in [0.25, 0.3) is 0 Å². The highest BCUT2D eigenvalue weighted by molar-refractivity contribution is 7.99. The lowest BCUT2D eigenvalue weighted by Crippen LogP contribution is -2.54. The number of hydrogen-bond donors (Lipinski definition) is 0. The molecular weight excluding hydrogens is 270 g/mol. The number of nitrogens with zero attached hydrogens (tertiary/aromatic N) is 1. The number of thiocarbonyl (C=S) groups is 1. The van der Waals surface area contributed by atoms with Crippen molar-refractivity contribution in [2.45, 2.75) is 38.5 Å². The minimum atomic E-state index is -0.364. The van der Waals surface area contributed by atoms with Crippen LogP contribution in [-0.2, 0) is 14.3 Å². The quantitative estimate of drug-likeness (QED) is 0.564. The Morgan fingerprint density at radius 1 is 1.56 bits per heavy atom. The maximum atomic E-state index is 11.9. The Kier molecular flexibility index (Phi) is 5.00. The van der Waals surface area contributed by atoms with Crippen LogP contribution in [0.2, 0.25) is 0 Å². The van der Waals surface area contributed by atoms with Crippen molar-refractivity contribution in [2.75, 3.05) is 24.8 Å². The Morgan fingerprint density at radius 2 is 2.28 bits per heavy atom. The molecule has 2 fully saturated rings. The summed E-state index contributed by atoms with van der Waals surface area (Å²) in [6.07, 6.45) is 0.906. The molecule has 2 atom stereocenters. The number of carbonyl (C=O) groups excluding carboxylic acids is 1. The molecule has 0 aromatic carbocycles. The van der Waals surface area contributed by atoms with Gasteiger partial charge in [-0.1, -0.05) is 12.2 Å². The highest BCUT2D eigenvalue weighted by Crippen LogP contribution is 2.26. The van der Waals surface area contributed by atoms with E-state index < -0.39 is 0 Å². The van der Waals surface area contributed by atoms with Crippen molar-refractivity contribution in [3.05, 3.63) is 0 Å². The standard InChI is InChI=1S/C12H19NO3S2/c1-8(2)16-12(14)11(17)10(9-3-5-15-9)13-4-6-18-7-13/h8-10H,3-7H2,1-2H3. The van der Waals surface area contributed by atoms with Crippen LogP contribution in [0, 0.1) is 0 Å². The topological polar surface area (TPSA) is 38.8 Å². The smallest absolute Gasteiger partial charge is 0.346 e. The van der Waals surface area contributed by atoms with Crippen LogP contribution in [-0.4, -0.2) is 58.8 Å². The molecule has 2 unspecified atom stereocenters. The molecule has 0 aliphatic carbocycles. The molecule has 0 bridgehead atoms. The summed E-state index contributed by atoms with van der Waals surface area (Å²) < 4.78 is 10.7.